The summed E-state index contributed by atoms with van der Waals surface area (Å²) in [6, 6.07) is 10.3. The Morgan fingerprint density at radius 1 is 1.16 bits per heavy atom. The first-order chi connectivity index (χ1) is 11.8. The van der Waals surface area contributed by atoms with Crippen LogP contribution in [0.5, 0.6) is 0 Å². The number of aryl methyl sites for hydroxylation is 2. The van der Waals surface area contributed by atoms with E-state index in [9.17, 15) is 9.59 Å². The Kier molecular flexibility index (Phi) is 6.04. The van der Waals surface area contributed by atoms with Crippen molar-refractivity contribution in [2.24, 2.45) is 0 Å². The van der Waals surface area contributed by atoms with Gasteiger partial charge in [0.25, 0.3) is 5.91 Å². The second kappa shape index (κ2) is 8.03. The van der Waals surface area contributed by atoms with E-state index in [0.29, 0.717) is 5.02 Å². The number of hydrogen-bond donors (Lipinski definition) is 2. The molecule has 0 saturated heterocycles. The summed E-state index contributed by atoms with van der Waals surface area (Å²) in [5, 5.41) is 3.23. The summed E-state index contributed by atoms with van der Waals surface area (Å²) in [5.74, 6) is -1.05. The first kappa shape index (κ1) is 18.8. The van der Waals surface area contributed by atoms with Gasteiger partial charge in [0.1, 0.15) is 0 Å². The van der Waals surface area contributed by atoms with Gasteiger partial charge in [-0.3, -0.25) is 4.79 Å². The summed E-state index contributed by atoms with van der Waals surface area (Å²) in [6.45, 7) is 5.55. The van der Waals surface area contributed by atoms with Gasteiger partial charge in [0.15, 0.2) is 6.61 Å². The van der Waals surface area contributed by atoms with E-state index in [1.165, 1.54) is 23.8 Å². The molecule has 0 aliphatic carbocycles. The number of ether oxygens (including phenoxy) is 1. The number of carbonyl (C=O) groups is 2. The largest absolute Gasteiger partial charge is 0.452 e. The second-order valence-corrected chi connectivity index (χ2v) is 6.38. The van der Waals surface area contributed by atoms with Crippen LogP contribution < -0.4 is 11.1 Å². The molecular weight excluding hydrogens is 340 g/mol. The highest BCUT2D eigenvalue weighted by atomic mass is 35.5. The average Bonchev–Trinajstić information content (AvgIpc) is 2.55. The molecule has 0 heterocycles. The van der Waals surface area contributed by atoms with Gasteiger partial charge in [0.2, 0.25) is 0 Å². The number of amides is 1. The van der Waals surface area contributed by atoms with Crippen molar-refractivity contribution >= 4 is 29.2 Å². The van der Waals surface area contributed by atoms with Gasteiger partial charge in [-0.15, -0.1) is 0 Å². The predicted octanol–water partition coefficient (Wildman–Crippen LogP) is 3.57. The Labute approximate surface area is 152 Å². The zero-order valence-electron chi connectivity index (χ0n) is 14.4. The summed E-state index contributed by atoms with van der Waals surface area (Å²) in [6.07, 6.45) is 0. The Morgan fingerprint density at radius 3 is 2.52 bits per heavy atom. The minimum Gasteiger partial charge on any atom is -0.452 e. The monoisotopic (exact) mass is 360 g/mol. The molecule has 25 heavy (non-hydrogen) atoms. The Bertz CT molecular complexity index is 805. The van der Waals surface area contributed by atoms with Gasteiger partial charge in [-0.2, -0.15) is 0 Å². The number of nitrogens with one attached hydrogen (secondary N) is 1. The lowest BCUT2D eigenvalue weighted by Gasteiger charge is -2.16. The standard InChI is InChI=1S/C19H21ClN2O3/c1-11-4-5-14(8-12(11)2)13(3)22-18(23)10-25-19(24)16-7-6-15(20)9-17(16)21/h4-9,13H,10,21H2,1-3H3,(H,22,23)/t13-/m1/s1. The molecule has 2 aromatic carbocycles. The minimum atomic E-state index is -0.664. The Hall–Kier alpha value is -2.53. The summed E-state index contributed by atoms with van der Waals surface area (Å²) in [4.78, 5) is 24.0. The fourth-order valence-electron chi connectivity index (χ4n) is 2.33. The first-order valence-electron chi connectivity index (χ1n) is 7.86. The van der Waals surface area contributed by atoms with E-state index in [1.54, 1.807) is 0 Å². The quantitative estimate of drug-likeness (QED) is 0.630. The summed E-state index contributed by atoms with van der Waals surface area (Å²) < 4.78 is 5.02. The van der Waals surface area contributed by atoms with Crippen LogP contribution in [0.25, 0.3) is 0 Å². The van der Waals surface area contributed by atoms with Crippen LogP contribution in [0.1, 0.15) is 40.0 Å². The van der Waals surface area contributed by atoms with Crippen molar-refractivity contribution in [2.75, 3.05) is 12.3 Å². The number of nitrogen functional groups attached to an aromatic ring is 1. The molecule has 0 aliphatic rings. The summed E-state index contributed by atoms with van der Waals surface area (Å²) in [5.41, 5.74) is 9.45. The van der Waals surface area contributed by atoms with Crippen LogP contribution >= 0.6 is 11.6 Å². The molecule has 6 heteroatoms. The van der Waals surface area contributed by atoms with E-state index >= 15 is 0 Å². The van der Waals surface area contributed by atoms with Crippen molar-refractivity contribution < 1.29 is 14.3 Å². The van der Waals surface area contributed by atoms with Crippen LogP contribution in [-0.2, 0) is 9.53 Å². The maximum Gasteiger partial charge on any atom is 0.340 e. The molecule has 132 valence electrons. The minimum absolute atomic E-state index is 0.180. The van der Waals surface area contributed by atoms with Gasteiger partial charge in [0, 0.05) is 10.7 Å². The first-order valence-corrected chi connectivity index (χ1v) is 8.24. The fourth-order valence-corrected chi connectivity index (χ4v) is 2.51. The van der Waals surface area contributed by atoms with Crippen LogP contribution in [0.15, 0.2) is 36.4 Å². The van der Waals surface area contributed by atoms with E-state index in [4.69, 9.17) is 22.1 Å². The highest BCUT2D eigenvalue weighted by Gasteiger charge is 2.15. The van der Waals surface area contributed by atoms with Crippen LogP contribution in [0.2, 0.25) is 5.02 Å². The molecule has 0 fully saturated rings. The molecule has 1 atom stereocenters. The molecule has 0 bridgehead atoms. The Balaban J connectivity index is 1.91. The molecule has 0 spiro atoms. The highest BCUT2D eigenvalue weighted by molar-refractivity contribution is 6.31. The van der Waals surface area contributed by atoms with Crippen molar-refractivity contribution in [1.82, 2.24) is 5.32 Å². The van der Waals surface area contributed by atoms with Crippen molar-refractivity contribution in [2.45, 2.75) is 26.8 Å². The number of anilines is 1. The van der Waals surface area contributed by atoms with Crippen LogP contribution in [-0.4, -0.2) is 18.5 Å². The topological polar surface area (TPSA) is 81.4 Å². The number of esters is 1. The molecule has 0 aliphatic heterocycles. The lowest BCUT2D eigenvalue weighted by molar-refractivity contribution is -0.124. The molecule has 0 aromatic heterocycles. The van der Waals surface area contributed by atoms with Crippen LogP contribution in [0, 0.1) is 13.8 Å². The summed E-state index contributed by atoms with van der Waals surface area (Å²) in [7, 11) is 0. The zero-order chi connectivity index (χ0) is 18.6. The molecule has 0 unspecified atom stereocenters. The number of carbonyl (C=O) groups excluding carboxylic acids is 2. The van der Waals surface area contributed by atoms with Crippen molar-refractivity contribution in [3.63, 3.8) is 0 Å². The highest BCUT2D eigenvalue weighted by Crippen LogP contribution is 2.19. The number of nitrogens with two attached hydrogens (primary N) is 1. The molecule has 0 saturated carbocycles. The van der Waals surface area contributed by atoms with Gasteiger partial charge in [0.05, 0.1) is 11.6 Å². The molecule has 2 aromatic rings. The van der Waals surface area contributed by atoms with E-state index in [-0.39, 0.29) is 29.8 Å². The van der Waals surface area contributed by atoms with Crippen LogP contribution in [0.4, 0.5) is 5.69 Å². The lowest BCUT2D eigenvalue weighted by atomic mass is 10.0. The SMILES string of the molecule is Cc1ccc([C@@H](C)NC(=O)COC(=O)c2ccc(Cl)cc2N)cc1C. The lowest BCUT2D eigenvalue weighted by Crippen LogP contribution is -2.31. The third kappa shape index (κ3) is 4.97. The van der Waals surface area contributed by atoms with E-state index < -0.39 is 5.97 Å². The molecular formula is C19H21ClN2O3. The van der Waals surface area contributed by atoms with E-state index in [0.717, 1.165) is 11.1 Å². The predicted molar refractivity (Wildman–Crippen MR) is 98.6 cm³/mol. The molecule has 1 amide bonds. The van der Waals surface area contributed by atoms with E-state index in [2.05, 4.69) is 5.32 Å². The van der Waals surface area contributed by atoms with Crippen molar-refractivity contribution in [1.29, 1.82) is 0 Å². The van der Waals surface area contributed by atoms with Crippen molar-refractivity contribution in [3.8, 4) is 0 Å². The number of rotatable bonds is 5. The Morgan fingerprint density at radius 2 is 1.88 bits per heavy atom. The number of benzene rings is 2. The van der Waals surface area contributed by atoms with E-state index in [1.807, 2.05) is 39.0 Å². The fraction of sp³-hybridized carbons (Fsp3) is 0.263. The van der Waals surface area contributed by atoms with Gasteiger partial charge in [-0.25, -0.2) is 4.79 Å². The van der Waals surface area contributed by atoms with Gasteiger partial charge in [-0.05, 0) is 55.7 Å². The second-order valence-electron chi connectivity index (χ2n) is 5.94. The van der Waals surface area contributed by atoms with Crippen molar-refractivity contribution in [3.05, 3.63) is 63.7 Å². The maximum absolute atomic E-state index is 12.0. The number of hydrogen-bond acceptors (Lipinski definition) is 4. The molecule has 3 N–H and O–H groups in total. The molecule has 0 radical (unpaired) electrons. The smallest absolute Gasteiger partial charge is 0.340 e. The number of halogens is 1. The van der Waals surface area contributed by atoms with Gasteiger partial charge >= 0.3 is 5.97 Å². The maximum atomic E-state index is 12.0. The average molecular weight is 361 g/mol. The van der Waals surface area contributed by atoms with Gasteiger partial charge in [-0.1, -0.05) is 29.8 Å². The molecule has 5 nitrogen and oxygen atoms in total. The molecule has 2 rings (SSSR count). The third-order valence-corrected chi connectivity index (χ3v) is 4.21. The van der Waals surface area contributed by atoms with Gasteiger partial charge < -0.3 is 15.8 Å². The normalized spacial score (nSPS) is 11.7. The van der Waals surface area contributed by atoms with Crippen LogP contribution in [0.3, 0.4) is 0 Å². The third-order valence-electron chi connectivity index (χ3n) is 3.98. The summed E-state index contributed by atoms with van der Waals surface area (Å²) >= 11 is 5.79. The zero-order valence-corrected chi connectivity index (χ0v) is 15.2.